The van der Waals surface area contributed by atoms with Crippen molar-refractivity contribution >= 4 is 17.2 Å². The van der Waals surface area contributed by atoms with Gasteiger partial charge < -0.3 is 9.32 Å². The van der Waals surface area contributed by atoms with Gasteiger partial charge in [0, 0.05) is 56.0 Å². The van der Waals surface area contributed by atoms with Gasteiger partial charge in [-0.3, -0.25) is 9.69 Å². The van der Waals surface area contributed by atoms with Crippen molar-refractivity contribution in [2.45, 2.75) is 26.3 Å². The molecular formula is C21H24N4O2S. The molecule has 1 aromatic carbocycles. The number of aromatic nitrogens is 2. The summed E-state index contributed by atoms with van der Waals surface area (Å²) in [5.41, 5.74) is 2.09. The minimum absolute atomic E-state index is 0.158. The Morgan fingerprint density at radius 3 is 2.61 bits per heavy atom. The normalized spacial score (nSPS) is 15.1. The van der Waals surface area contributed by atoms with E-state index in [1.807, 2.05) is 36.1 Å². The third-order valence-electron chi connectivity index (χ3n) is 5.00. The zero-order valence-corrected chi connectivity index (χ0v) is 16.8. The van der Waals surface area contributed by atoms with Crippen molar-refractivity contribution in [1.82, 2.24) is 20.0 Å². The Morgan fingerprint density at radius 2 is 1.89 bits per heavy atom. The van der Waals surface area contributed by atoms with Gasteiger partial charge in [0.05, 0.1) is 0 Å². The van der Waals surface area contributed by atoms with Gasteiger partial charge in [0.25, 0.3) is 0 Å². The standard InChI is InChI=1S/C21H24N4O2S/c1-16-4-6-17(7-5-16)21-23-22-19(27-21)8-9-20(26)25-12-10-24(11-13-25)15-18-3-2-14-28-18/h2-7,14H,8-13,15H2,1H3. The van der Waals surface area contributed by atoms with E-state index in [2.05, 4.69) is 32.6 Å². The summed E-state index contributed by atoms with van der Waals surface area (Å²) in [6, 6.07) is 12.2. The molecule has 0 saturated carbocycles. The molecular weight excluding hydrogens is 372 g/mol. The number of carbonyl (C=O) groups is 1. The van der Waals surface area contributed by atoms with E-state index >= 15 is 0 Å². The van der Waals surface area contributed by atoms with Gasteiger partial charge in [0.2, 0.25) is 17.7 Å². The van der Waals surface area contributed by atoms with Crippen LogP contribution in [-0.4, -0.2) is 52.1 Å². The van der Waals surface area contributed by atoms with Crippen LogP contribution in [0.4, 0.5) is 0 Å². The molecule has 0 unspecified atom stereocenters. The predicted molar refractivity (Wildman–Crippen MR) is 109 cm³/mol. The molecule has 7 heteroatoms. The second-order valence-electron chi connectivity index (χ2n) is 7.10. The van der Waals surface area contributed by atoms with Crippen molar-refractivity contribution in [3.63, 3.8) is 0 Å². The second-order valence-corrected chi connectivity index (χ2v) is 8.14. The highest BCUT2D eigenvalue weighted by Crippen LogP contribution is 2.19. The Morgan fingerprint density at radius 1 is 1.11 bits per heavy atom. The lowest BCUT2D eigenvalue weighted by molar-refractivity contribution is -0.133. The summed E-state index contributed by atoms with van der Waals surface area (Å²) in [5.74, 6) is 1.18. The third-order valence-corrected chi connectivity index (χ3v) is 5.86. The van der Waals surface area contributed by atoms with Crippen LogP contribution < -0.4 is 0 Å². The number of rotatable bonds is 6. The Balaban J connectivity index is 1.24. The van der Waals surface area contributed by atoms with Crippen LogP contribution in [0.1, 0.15) is 22.8 Å². The van der Waals surface area contributed by atoms with Crippen molar-refractivity contribution < 1.29 is 9.21 Å². The molecule has 1 aliphatic heterocycles. The van der Waals surface area contributed by atoms with Gasteiger partial charge in [-0.25, -0.2) is 0 Å². The predicted octanol–water partition coefficient (Wildman–Crippen LogP) is 3.38. The summed E-state index contributed by atoms with van der Waals surface area (Å²) in [7, 11) is 0. The zero-order valence-electron chi connectivity index (χ0n) is 16.0. The average Bonchev–Trinajstić information content (AvgIpc) is 3.39. The first-order valence-electron chi connectivity index (χ1n) is 9.59. The fourth-order valence-corrected chi connectivity index (χ4v) is 4.06. The number of piperazine rings is 1. The van der Waals surface area contributed by atoms with Crippen molar-refractivity contribution in [3.8, 4) is 11.5 Å². The quantitative estimate of drug-likeness (QED) is 0.639. The van der Waals surface area contributed by atoms with Crippen molar-refractivity contribution in [3.05, 3.63) is 58.1 Å². The van der Waals surface area contributed by atoms with Gasteiger partial charge in [-0.2, -0.15) is 0 Å². The molecule has 1 fully saturated rings. The number of hydrogen-bond acceptors (Lipinski definition) is 6. The summed E-state index contributed by atoms with van der Waals surface area (Å²) in [5, 5.41) is 10.3. The monoisotopic (exact) mass is 396 g/mol. The second kappa shape index (κ2) is 8.67. The van der Waals surface area contributed by atoms with Crippen molar-refractivity contribution in [2.24, 2.45) is 0 Å². The number of thiophene rings is 1. The molecule has 0 N–H and O–H groups in total. The summed E-state index contributed by atoms with van der Waals surface area (Å²) in [6.07, 6.45) is 0.883. The summed E-state index contributed by atoms with van der Waals surface area (Å²) >= 11 is 1.78. The zero-order chi connectivity index (χ0) is 19.3. The number of aryl methyl sites for hydroxylation is 2. The lowest BCUT2D eigenvalue weighted by Crippen LogP contribution is -2.48. The van der Waals surface area contributed by atoms with Gasteiger partial charge >= 0.3 is 0 Å². The van der Waals surface area contributed by atoms with Gasteiger partial charge in [0.15, 0.2) is 0 Å². The Bertz CT molecular complexity index is 897. The van der Waals surface area contributed by atoms with Gasteiger partial charge in [-0.05, 0) is 30.5 Å². The number of hydrogen-bond donors (Lipinski definition) is 0. The van der Waals surface area contributed by atoms with E-state index in [0.29, 0.717) is 24.6 Å². The minimum atomic E-state index is 0.158. The third kappa shape index (κ3) is 4.66. The van der Waals surface area contributed by atoms with Gasteiger partial charge in [0.1, 0.15) is 0 Å². The van der Waals surface area contributed by atoms with Crippen LogP contribution in [0.25, 0.3) is 11.5 Å². The first-order valence-corrected chi connectivity index (χ1v) is 10.5. The average molecular weight is 397 g/mol. The molecule has 4 rings (SSSR count). The first-order chi connectivity index (χ1) is 13.7. The maximum Gasteiger partial charge on any atom is 0.247 e. The van der Waals surface area contributed by atoms with Crippen molar-refractivity contribution in [1.29, 1.82) is 0 Å². The van der Waals surface area contributed by atoms with Crippen LogP contribution in [0.15, 0.2) is 46.2 Å². The van der Waals surface area contributed by atoms with E-state index in [9.17, 15) is 4.79 Å². The highest BCUT2D eigenvalue weighted by Gasteiger charge is 2.21. The lowest BCUT2D eigenvalue weighted by Gasteiger charge is -2.34. The fraction of sp³-hybridized carbons (Fsp3) is 0.381. The highest BCUT2D eigenvalue weighted by atomic mass is 32.1. The Hall–Kier alpha value is -2.51. The summed E-state index contributed by atoms with van der Waals surface area (Å²) in [4.78, 5) is 18.3. The number of amides is 1. The molecule has 0 bridgehead atoms. The lowest BCUT2D eigenvalue weighted by atomic mass is 10.1. The van der Waals surface area contributed by atoms with Crippen LogP contribution in [0.2, 0.25) is 0 Å². The number of nitrogens with zero attached hydrogens (tertiary/aromatic N) is 4. The van der Waals surface area contributed by atoms with Crippen molar-refractivity contribution in [2.75, 3.05) is 26.2 Å². The van der Waals surface area contributed by atoms with E-state index in [4.69, 9.17) is 4.42 Å². The maximum absolute atomic E-state index is 12.5. The van der Waals surface area contributed by atoms with Crippen LogP contribution in [0.3, 0.4) is 0 Å². The van der Waals surface area contributed by atoms with E-state index in [0.717, 1.165) is 38.3 Å². The summed E-state index contributed by atoms with van der Waals surface area (Å²) < 4.78 is 5.72. The van der Waals surface area contributed by atoms with Gasteiger partial charge in [-0.15, -0.1) is 21.5 Å². The van der Waals surface area contributed by atoms with Crippen LogP contribution in [-0.2, 0) is 17.8 Å². The van der Waals surface area contributed by atoms with E-state index in [1.165, 1.54) is 10.4 Å². The molecule has 1 saturated heterocycles. The smallest absolute Gasteiger partial charge is 0.247 e. The van der Waals surface area contributed by atoms with Crippen LogP contribution >= 0.6 is 11.3 Å². The molecule has 3 aromatic rings. The number of carbonyl (C=O) groups excluding carboxylic acids is 1. The topological polar surface area (TPSA) is 62.5 Å². The molecule has 0 spiro atoms. The SMILES string of the molecule is Cc1ccc(-c2nnc(CCC(=O)N3CCN(Cc4cccs4)CC3)o2)cc1. The van der Waals surface area contributed by atoms with Crippen LogP contribution in [0, 0.1) is 6.92 Å². The summed E-state index contributed by atoms with van der Waals surface area (Å²) in [6.45, 7) is 6.41. The highest BCUT2D eigenvalue weighted by molar-refractivity contribution is 7.09. The Labute approximate surface area is 168 Å². The van der Waals surface area contributed by atoms with E-state index < -0.39 is 0 Å². The maximum atomic E-state index is 12.5. The largest absolute Gasteiger partial charge is 0.421 e. The molecule has 146 valence electrons. The molecule has 0 radical (unpaired) electrons. The minimum Gasteiger partial charge on any atom is -0.421 e. The molecule has 3 heterocycles. The first kappa shape index (κ1) is 18.8. The molecule has 2 aromatic heterocycles. The molecule has 6 nitrogen and oxygen atoms in total. The molecule has 0 atom stereocenters. The molecule has 1 amide bonds. The fourth-order valence-electron chi connectivity index (χ4n) is 3.32. The molecule has 28 heavy (non-hydrogen) atoms. The van der Waals surface area contributed by atoms with E-state index in [-0.39, 0.29) is 5.91 Å². The molecule has 1 aliphatic rings. The molecule has 0 aliphatic carbocycles. The van der Waals surface area contributed by atoms with Crippen LogP contribution in [0.5, 0.6) is 0 Å². The number of benzene rings is 1. The van der Waals surface area contributed by atoms with Gasteiger partial charge in [-0.1, -0.05) is 23.8 Å². The Kier molecular flexibility index (Phi) is 5.83. The van der Waals surface area contributed by atoms with E-state index in [1.54, 1.807) is 11.3 Å².